The number of nitrogens with one attached hydrogen (secondary N) is 2. The molecule has 0 bridgehead atoms. The van der Waals surface area contributed by atoms with Crippen molar-refractivity contribution in [3.63, 3.8) is 0 Å². The molecule has 5 rings (SSSR count). The van der Waals surface area contributed by atoms with E-state index in [4.69, 9.17) is 5.53 Å². The Kier molecular flexibility index (Phi) is 18.9. The highest BCUT2D eigenvalue weighted by molar-refractivity contribution is 7.86. The number of azide groups is 1. The number of hydrogen-bond acceptors (Lipinski definition) is 14. The number of pyridine rings is 1. The van der Waals surface area contributed by atoms with Gasteiger partial charge in [-0.3, -0.25) is 28.2 Å². The van der Waals surface area contributed by atoms with E-state index in [1.54, 1.807) is 53.2 Å². The minimum absolute atomic E-state index is 0.00804. The third kappa shape index (κ3) is 15.6. The van der Waals surface area contributed by atoms with Crippen molar-refractivity contribution in [3.8, 4) is 0 Å². The van der Waals surface area contributed by atoms with Crippen molar-refractivity contribution in [2.24, 2.45) is 5.11 Å². The standard InChI is InChI=1S/C46H58N8O14S4/c1-45(2)37-29-35(71(63,64)65)18-20-39(37)53(26-12-28-70(60,61)62)41(45)13-6-4-7-14-42-46(3,23-9-11-27-69(57,58)59)38-30-36(72(66,67)68)19-21-40(38)54(42)25-10-5-8-15-43(55)48-24-22-44(56)51-34-17-16-33(49-31-34)32-50-52-47/h4,6-7,13-14,16-21,29-31H,5,8-12,15,22-28,32H2,1-3H3,(H5-,48,51,55,56,57,58,59,60,61,62,63,64,65,66,67,68). The van der Waals surface area contributed by atoms with Gasteiger partial charge >= 0.3 is 0 Å². The molecule has 0 saturated heterocycles. The van der Waals surface area contributed by atoms with Crippen LogP contribution in [-0.2, 0) is 67.4 Å². The molecular formula is C46H58N8O14S4. The van der Waals surface area contributed by atoms with Crippen molar-refractivity contribution >= 4 is 75.1 Å². The van der Waals surface area contributed by atoms with E-state index >= 15 is 0 Å². The van der Waals surface area contributed by atoms with Gasteiger partial charge in [-0.2, -0.15) is 29.8 Å². The molecule has 72 heavy (non-hydrogen) atoms. The van der Waals surface area contributed by atoms with E-state index in [9.17, 15) is 61.5 Å². The van der Waals surface area contributed by atoms with Gasteiger partial charge in [0.1, 0.15) is 16.7 Å². The SMILES string of the molecule is CC1(C)C(C=CC=CC=C2N(CCCCCC(=O)NCCC(=O)Nc3ccc(CN=[N+]=[N-])nc3)c3ccc(S(=O)(=O)[O-])cc3C2(C)CCCCS(=O)(=O)O)=[N+](CCCS(=O)(=O)O)c2ccc(S(=O)(=O)O)cc21. The maximum atomic E-state index is 12.7. The lowest BCUT2D eigenvalue weighted by Crippen LogP contribution is -2.29. The number of amides is 2. The summed E-state index contributed by atoms with van der Waals surface area (Å²) in [5.41, 5.74) is 11.1. The van der Waals surface area contributed by atoms with Gasteiger partial charge in [-0.05, 0) is 106 Å². The molecule has 26 heteroatoms. The van der Waals surface area contributed by atoms with Crippen LogP contribution in [0.25, 0.3) is 10.4 Å². The van der Waals surface area contributed by atoms with Gasteiger partial charge in [-0.25, -0.2) is 8.42 Å². The maximum absolute atomic E-state index is 12.7. The van der Waals surface area contributed by atoms with Crippen LogP contribution >= 0.6 is 0 Å². The van der Waals surface area contributed by atoms with Crippen LogP contribution in [-0.4, -0.2) is 110 Å². The Morgan fingerprint density at radius 1 is 0.819 bits per heavy atom. The van der Waals surface area contributed by atoms with Crippen LogP contribution in [0.5, 0.6) is 0 Å². The van der Waals surface area contributed by atoms with E-state index in [0.29, 0.717) is 71.1 Å². The van der Waals surface area contributed by atoms with Crippen molar-refractivity contribution in [2.45, 2.75) is 106 Å². The molecule has 0 saturated carbocycles. The molecule has 2 amide bonds. The summed E-state index contributed by atoms with van der Waals surface area (Å²) in [5, 5.41) is 8.86. The molecule has 2 aliphatic heterocycles. The van der Waals surface area contributed by atoms with Gasteiger partial charge < -0.3 is 20.1 Å². The largest absolute Gasteiger partial charge is 0.744 e. The Balaban J connectivity index is 1.35. The van der Waals surface area contributed by atoms with E-state index < -0.39 is 67.7 Å². The lowest BCUT2D eigenvalue weighted by Gasteiger charge is -2.30. The molecular weight excluding hydrogens is 1020 g/mol. The van der Waals surface area contributed by atoms with Crippen molar-refractivity contribution in [2.75, 3.05) is 41.4 Å². The Hall–Kier alpha value is -5.83. The van der Waals surface area contributed by atoms with Crippen LogP contribution < -0.4 is 15.5 Å². The zero-order valence-corrected chi connectivity index (χ0v) is 43.1. The highest BCUT2D eigenvalue weighted by Gasteiger charge is 2.45. The lowest BCUT2D eigenvalue weighted by molar-refractivity contribution is -0.437. The van der Waals surface area contributed by atoms with Gasteiger partial charge in [0.2, 0.25) is 17.5 Å². The summed E-state index contributed by atoms with van der Waals surface area (Å²) >= 11 is 0. The van der Waals surface area contributed by atoms with E-state index in [1.807, 2.05) is 25.7 Å². The highest BCUT2D eigenvalue weighted by atomic mass is 32.2. The number of allylic oxidation sites excluding steroid dienone is 6. The van der Waals surface area contributed by atoms with Crippen molar-refractivity contribution < 1.29 is 66.0 Å². The number of fused-ring (bicyclic) bond motifs is 2. The van der Waals surface area contributed by atoms with Crippen LogP contribution in [0.4, 0.5) is 17.1 Å². The molecule has 1 unspecified atom stereocenters. The number of aromatic nitrogens is 1. The minimum atomic E-state index is -4.89. The summed E-state index contributed by atoms with van der Waals surface area (Å²) in [6.45, 7) is 6.18. The molecule has 3 heterocycles. The van der Waals surface area contributed by atoms with Crippen LogP contribution in [0.15, 0.2) is 106 Å². The van der Waals surface area contributed by atoms with E-state index in [0.717, 1.165) is 0 Å². The summed E-state index contributed by atoms with van der Waals surface area (Å²) in [6, 6.07) is 11.4. The molecule has 0 radical (unpaired) electrons. The summed E-state index contributed by atoms with van der Waals surface area (Å²) < 4.78 is 138. The Labute approximate surface area is 419 Å². The second-order valence-corrected chi connectivity index (χ2v) is 23.9. The van der Waals surface area contributed by atoms with Gasteiger partial charge in [-0.15, -0.1) is 0 Å². The smallest absolute Gasteiger partial charge is 0.294 e. The van der Waals surface area contributed by atoms with Crippen LogP contribution in [0, 0.1) is 0 Å². The molecule has 1 aromatic heterocycles. The van der Waals surface area contributed by atoms with Gasteiger partial charge in [0.05, 0.1) is 45.1 Å². The summed E-state index contributed by atoms with van der Waals surface area (Å²) in [5.74, 6) is -1.63. The van der Waals surface area contributed by atoms with E-state index in [1.165, 1.54) is 36.5 Å². The number of benzene rings is 2. The molecule has 22 nitrogen and oxygen atoms in total. The zero-order valence-electron chi connectivity index (χ0n) is 39.8. The number of unbranched alkanes of at least 4 members (excludes halogenated alkanes) is 3. The van der Waals surface area contributed by atoms with E-state index in [-0.39, 0.29) is 74.9 Å². The van der Waals surface area contributed by atoms with Crippen molar-refractivity contribution in [3.05, 3.63) is 118 Å². The fourth-order valence-electron chi connectivity index (χ4n) is 8.83. The maximum Gasteiger partial charge on any atom is 0.294 e. The zero-order chi connectivity index (χ0) is 53.1. The Morgan fingerprint density at radius 3 is 2.17 bits per heavy atom. The first-order valence-corrected chi connectivity index (χ1v) is 28.8. The van der Waals surface area contributed by atoms with E-state index in [2.05, 4.69) is 25.6 Å². The first-order chi connectivity index (χ1) is 33.6. The Bertz CT molecular complexity index is 3170. The number of rotatable bonds is 26. The average molecular weight is 1080 g/mol. The van der Waals surface area contributed by atoms with Crippen LogP contribution in [0.2, 0.25) is 0 Å². The molecule has 2 aromatic carbocycles. The van der Waals surface area contributed by atoms with Crippen LogP contribution in [0.3, 0.4) is 0 Å². The molecule has 0 fully saturated rings. The van der Waals surface area contributed by atoms with Gasteiger partial charge in [0.15, 0.2) is 5.71 Å². The third-order valence-electron chi connectivity index (χ3n) is 12.4. The topological polar surface area (TPSA) is 346 Å². The number of carbonyl (C=O) groups is 2. The fourth-order valence-corrected chi connectivity index (χ4v) is 10.9. The molecule has 5 N–H and O–H groups in total. The quantitative estimate of drug-likeness (QED) is 0.0113. The lowest BCUT2D eigenvalue weighted by atomic mass is 9.77. The predicted octanol–water partition coefficient (Wildman–Crippen LogP) is 6.23. The second kappa shape index (κ2) is 23.8. The molecule has 0 spiro atoms. The molecule has 390 valence electrons. The highest BCUT2D eigenvalue weighted by Crippen LogP contribution is 2.51. The number of anilines is 2. The first kappa shape index (κ1) is 57.1. The third-order valence-corrected chi connectivity index (χ3v) is 15.7. The van der Waals surface area contributed by atoms with Gasteiger partial charge in [0, 0.05) is 77.5 Å². The fraction of sp³-hybridized carbons (Fsp3) is 0.435. The molecule has 1 atom stereocenters. The summed E-state index contributed by atoms with van der Waals surface area (Å²) in [4.78, 5) is 33.1. The van der Waals surface area contributed by atoms with Gasteiger partial charge in [-0.1, -0.05) is 36.2 Å². The predicted molar refractivity (Wildman–Crippen MR) is 268 cm³/mol. The monoisotopic (exact) mass is 1070 g/mol. The van der Waals surface area contributed by atoms with Crippen molar-refractivity contribution in [1.82, 2.24) is 10.3 Å². The van der Waals surface area contributed by atoms with Crippen LogP contribution in [0.1, 0.15) is 95.4 Å². The molecule has 2 aliphatic rings. The Morgan fingerprint density at radius 2 is 1.51 bits per heavy atom. The summed E-state index contributed by atoms with van der Waals surface area (Å²) in [6.07, 6.45) is 12.6. The molecule has 0 aliphatic carbocycles. The number of nitrogens with zero attached hydrogens (tertiary/aromatic N) is 6. The first-order valence-electron chi connectivity index (χ1n) is 22.8. The average Bonchev–Trinajstić information content (AvgIpc) is 3.64. The minimum Gasteiger partial charge on any atom is -0.744 e. The van der Waals surface area contributed by atoms with Crippen molar-refractivity contribution in [1.29, 1.82) is 0 Å². The van der Waals surface area contributed by atoms with Gasteiger partial charge in [0.25, 0.3) is 30.4 Å². The normalized spacial score (nSPS) is 17.4. The second-order valence-electron chi connectivity index (χ2n) is 18.0. The summed E-state index contributed by atoms with van der Waals surface area (Å²) in [7, 11) is -18.0. The number of carbonyl (C=O) groups excluding carboxylic acids is 2. The number of hydrogen-bond donors (Lipinski definition) is 5. The molecule has 3 aromatic rings.